The second kappa shape index (κ2) is 8.95. The number of pyridine rings is 1. The number of aromatic nitrogens is 3. The monoisotopic (exact) mass is 523 g/mol. The first kappa shape index (κ1) is 24.3. The van der Waals surface area contributed by atoms with Gasteiger partial charge in [0.05, 0.1) is 17.1 Å². The number of benzene rings is 1. The van der Waals surface area contributed by atoms with Crippen LogP contribution in [0.25, 0.3) is 11.2 Å². The first-order valence-corrected chi connectivity index (χ1v) is 13.3. The molecule has 3 N–H and O–H groups in total. The lowest BCUT2D eigenvalue weighted by Crippen LogP contribution is -2.38. The number of nitrogens with two attached hydrogens (primary N) is 1. The maximum Gasteiger partial charge on any atom is 0.573 e. The van der Waals surface area contributed by atoms with Crippen LogP contribution in [0.1, 0.15) is 52.8 Å². The van der Waals surface area contributed by atoms with Gasteiger partial charge in [0.25, 0.3) is 5.91 Å². The SMILES string of the molecule is Nc1cc(OC(F)(F)F)ccc1C(=O)N1CCC(c2ccnc3[nH]c([C@@H]4CCS(=O)(=O)C4)nc23)CC1. The average molecular weight is 524 g/mol. The topological polar surface area (TPSA) is 131 Å². The molecule has 2 aliphatic heterocycles. The predicted molar refractivity (Wildman–Crippen MR) is 125 cm³/mol. The molecule has 3 aromatic rings. The third kappa shape index (κ3) is 4.97. The number of sulfone groups is 1. The summed E-state index contributed by atoms with van der Waals surface area (Å²) in [7, 11) is -3.05. The Morgan fingerprint density at radius 1 is 1.14 bits per heavy atom. The van der Waals surface area contributed by atoms with Crippen LogP contribution in [0.15, 0.2) is 30.5 Å². The van der Waals surface area contributed by atoms with Crippen molar-refractivity contribution < 1.29 is 31.1 Å². The number of ether oxygens (including phenoxy) is 1. The number of anilines is 1. The number of H-pyrrole nitrogens is 1. The van der Waals surface area contributed by atoms with Gasteiger partial charge in [0.15, 0.2) is 15.5 Å². The molecule has 2 fully saturated rings. The highest BCUT2D eigenvalue weighted by atomic mass is 32.2. The number of likely N-dealkylation sites (tertiary alicyclic amines) is 1. The van der Waals surface area contributed by atoms with Gasteiger partial charge in [0, 0.05) is 37.0 Å². The summed E-state index contributed by atoms with van der Waals surface area (Å²) in [5.41, 5.74) is 8.20. The summed E-state index contributed by atoms with van der Waals surface area (Å²) in [6, 6.07) is 5.21. The molecule has 2 aliphatic rings. The summed E-state index contributed by atoms with van der Waals surface area (Å²) in [5.74, 6) is -0.0246. The molecule has 1 aromatic carbocycles. The van der Waals surface area contributed by atoms with E-state index in [1.807, 2.05) is 6.07 Å². The van der Waals surface area contributed by atoms with Crippen LogP contribution in [0.5, 0.6) is 5.75 Å². The van der Waals surface area contributed by atoms with E-state index in [1.54, 1.807) is 11.1 Å². The first-order valence-electron chi connectivity index (χ1n) is 11.5. The molecule has 4 heterocycles. The fourth-order valence-electron chi connectivity index (χ4n) is 4.98. The lowest BCUT2D eigenvalue weighted by Gasteiger charge is -2.32. The van der Waals surface area contributed by atoms with E-state index in [0.717, 1.165) is 17.7 Å². The van der Waals surface area contributed by atoms with Crippen molar-refractivity contribution in [2.75, 3.05) is 30.3 Å². The molecule has 0 aliphatic carbocycles. The zero-order chi connectivity index (χ0) is 25.7. The molecule has 1 atom stereocenters. The molecular formula is C23H24F3N5O4S. The Hall–Kier alpha value is -3.35. The van der Waals surface area contributed by atoms with Gasteiger partial charge in [0.1, 0.15) is 17.1 Å². The van der Waals surface area contributed by atoms with Crippen LogP contribution in [0.2, 0.25) is 0 Å². The number of hydrogen-bond donors (Lipinski definition) is 2. The number of imidazole rings is 1. The van der Waals surface area contributed by atoms with Crippen LogP contribution in [-0.2, 0) is 9.84 Å². The van der Waals surface area contributed by atoms with Gasteiger partial charge in [-0.25, -0.2) is 18.4 Å². The summed E-state index contributed by atoms with van der Waals surface area (Å²) in [6.07, 6.45) is -1.32. The summed E-state index contributed by atoms with van der Waals surface area (Å²) in [5, 5.41) is 0. The third-order valence-electron chi connectivity index (χ3n) is 6.76. The summed E-state index contributed by atoms with van der Waals surface area (Å²) in [6.45, 7) is 0.872. The molecule has 9 nitrogen and oxygen atoms in total. The fourth-order valence-corrected chi connectivity index (χ4v) is 6.73. The normalized spacial score (nSPS) is 20.6. The van der Waals surface area contributed by atoms with Crippen LogP contribution in [0.3, 0.4) is 0 Å². The molecule has 2 aromatic heterocycles. The predicted octanol–water partition coefficient (Wildman–Crippen LogP) is 3.36. The first-order chi connectivity index (χ1) is 17.0. The van der Waals surface area contributed by atoms with Gasteiger partial charge in [-0.05, 0) is 48.9 Å². The zero-order valence-corrected chi connectivity index (χ0v) is 19.9. The molecule has 0 unspecified atom stereocenters. The number of halogens is 3. The number of aromatic amines is 1. The van der Waals surface area contributed by atoms with E-state index in [0.29, 0.717) is 49.3 Å². The maximum absolute atomic E-state index is 13.0. The molecule has 13 heteroatoms. The van der Waals surface area contributed by atoms with Crippen molar-refractivity contribution in [3.05, 3.63) is 47.4 Å². The maximum atomic E-state index is 13.0. The minimum Gasteiger partial charge on any atom is -0.406 e. The Labute approximate surface area is 204 Å². The Kier molecular flexibility index (Phi) is 6.05. The number of hydrogen-bond acceptors (Lipinski definition) is 7. The second-order valence-electron chi connectivity index (χ2n) is 9.18. The van der Waals surface area contributed by atoms with Gasteiger partial charge in [-0.1, -0.05) is 0 Å². The molecule has 0 saturated carbocycles. The van der Waals surface area contributed by atoms with E-state index in [-0.39, 0.29) is 40.5 Å². The van der Waals surface area contributed by atoms with Crippen LogP contribution in [0.4, 0.5) is 18.9 Å². The number of nitrogens with one attached hydrogen (secondary N) is 1. The molecule has 0 bridgehead atoms. The number of amides is 1. The minimum atomic E-state index is -4.85. The van der Waals surface area contributed by atoms with Gasteiger partial charge in [-0.15, -0.1) is 13.2 Å². The van der Waals surface area contributed by atoms with Gasteiger partial charge < -0.3 is 20.4 Å². The molecule has 5 rings (SSSR count). The van der Waals surface area contributed by atoms with E-state index in [4.69, 9.17) is 10.7 Å². The number of rotatable bonds is 4. The number of carbonyl (C=O) groups is 1. The Morgan fingerprint density at radius 3 is 2.53 bits per heavy atom. The van der Waals surface area contributed by atoms with Gasteiger partial charge in [0.2, 0.25) is 0 Å². The van der Waals surface area contributed by atoms with Crippen molar-refractivity contribution in [2.45, 2.75) is 37.5 Å². The number of nitrogens with zero attached hydrogens (tertiary/aromatic N) is 3. The molecule has 36 heavy (non-hydrogen) atoms. The van der Waals surface area contributed by atoms with E-state index >= 15 is 0 Å². The summed E-state index contributed by atoms with van der Waals surface area (Å²) in [4.78, 5) is 26.9. The smallest absolute Gasteiger partial charge is 0.406 e. The van der Waals surface area contributed by atoms with Crippen molar-refractivity contribution >= 4 is 32.6 Å². The van der Waals surface area contributed by atoms with E-state index in [9.17, 15) is 26.4 Å². The summed E-state index contributed by atoms with van der Waals surface area (Å²) < 4.78 is 64.9. The number of fused-ring (bicyclic) bond motifs is 1. The van der Waals surface area contributed by atoms with Crippen molar-refractivity contribution in [1.29, 1.82) is 0 Å². The molecule has 192 valence electrons. The lowest BCUT2D eigenvalue weighted by molar-refractivity contribution is -0.274. The van der Waals surface area contributed by atoms with E-state index in [1.165, 1.54) is 6.07 Å². The largest absolute Gasteiger partial charge is 0.573 e. The molecule has 0 radical (unpaired) electrons. The lowest BCUT2D eigenvalue weighted by atomic mass is 9.89. The van der Waals surface area contributed by atoms with Crippen LogP contribution in [-0.4, -0.2) is 65.1 Å². The fraction of sp³-hybridized carbons (Fsp3) is 0.435. The van der Waals surface area contributed by atoms with E-state index < -0.39 is 21.9 Å². The average Bonchev–Trinajstić information content (AvgIpc) is 3.40. The van der Waals surface area contributed by atoms with Crippen LogP contribution >= 0.6 is 0 Å². The Balaban J connectivity index is 1.28. The van der Waals surface area contributed by atoms with Gasteiger partial charge >= 0.3 is 6.36 Å². The van der Waals surface area contributed by atoms with Gasteiger partial charge in [-0.3, -0.25) is 4.79 Å². The van der Waals surface area contributed by atoms with E-state index in [2.05, 4.69) is 14.7 Å². The molecule has 0 spiro atoms. The highest BCUT2D eigenvalue weighted by Gasteiger charge is 2.33. The van der Waals surface area contributed by atoms with Crippen molar-refractivity contribution in [1.82, 2.24) is 19.9 Å². The van der Waals surface area contributed by atoms with Gasteiger partial charge in [-0.2, -0.15) is 0 Å². The third-order valence-corrected chi connectivity index (χ3v) is 8.53. The number of nitrogen functional groups attached to an aromatic ring is 1. The quantitative estimate of drug-likeness (QED) is 0.502. The highest BCUT2D eigenvalue weighted by molar-refractivity contribution is 7.91. The Morgan fingerprint density at radius 2 is 1.89 bits per heavy atom. The molecule has 2 saturated heterocycles. The standard InChI is InChI=1S/C23H24F3N5O4S/c24-23(25,26)35-15-1-2-17(18(27)11-15)22(32)31-8-4-13(5-9-31)16-3-7-28-21-19(16)29-20(30-21)14-6-10-36(33,34)12-14/h1-3,7,11,13-14H,4-6,8-10,12,27H2,(H,28,29,30)/t14-/m1/s1. The molecular weight excluding hydrogens is 499 g/mol. The summed E-state index contributed by atoms with van der Waals surface area (Å²) >= 11 is 0. The number of carbonyl (C=O) groups excluding carboxylic acids is 1. The number of alkyl halides is 3. The zero-order valence-electron chi connectivity index (χ0n) is 19.1. The van der Waals surface area contributed by atoms with Crippen molar-refractivity contribution in [3.8, 4) is 5.75 Å². The molecule has 1 amide bonds. The van der Waals surface area contributed by atoms with Crippen molar-refractivity contribution in [2.24, 2.45) is 0 Å². The second-order valence-corrected chi connectivity index (χ2v) is 11.4. The van der Waals surface area contributed by atoms with Crippen molar-refractivity contribution in [3.63, 3.8) is 0 Å². The highest BCUT2D eigenvalue weighted by Crippen LogP contribution is 2.35. The Bertz CT molecular complexity index is 1410. The minimum absolute atomic E-state index is 0.0785. The number of piperidine rings is 1. The van der Waals surface area contributed by atoms with Crippen LogP contribution in [0, 0.1) is 0 Å². The van der Waals surface area contributed by atoms with Crippen LogP contribution < -0.4 is 10.5 Å².